The van der Waals surface area contributed by atoms with Crippen molar-refractivity contribution in [3.63, 3.8) is 0 Å². The highest BCUT2D eigenvalue weighted by molar-refractivity contribution is 6.31. The van der Waals surface area contributed by atoms with E-state index in [1.165, 1.54) is 72.4 Å². The molecule has 4 aliphatic heterocycles. The minimum Gasteiger partial charge on any atom is -0.492 e. The zero-order valence-corrected chi connectivity index (χ0v) is 39.4. The fourth-order valence-corrected chi connectivity index (χ4v) is 9.02. The Bertz CT molecular complexity index is 3230. The molecule has 6 aromatic rings. The molecule has 2 atom stereocenters. The number of halogens is 6. The number of likely N-dealkylation sites (N-methyl/N-ethyl adjacent to an activating group) is 2. The first-order valence-corrected chi connectivity index (χ1v) is 22.1. The van der Waals surface area contributed by atoms with Gasteiger partial charge in [0.1, 0.15) is 35.3 Å². The highest BCUT2D eigenvalue weighted by Gasteiger charge is 2.52. The lowest BCUT2D eigenvalue weighted by atomic mass is 9.80. The molecule has 0 saturated heterocycles. The van der Waals surface area contributed by atoms with Crippen LogP contribution in [0.4, 0.5) is 17.6 Å². The van der Waals surface area contributed by atoms with Gasteiger partial charge in [0.15, 0.2) is 23.0 Å². The second-order valence-electron chi connectivity index (χ2n) is 16.4. The number of rotatable bonds is 6. The Morgan fingerprint density at radius 2 is 1.03 bits per heavy atom. The molecule has 0 aliphatic carbocycles. The topological polar surface area (TPSA) is 247 Å². The smallest absolute Gasteiger partial charge is 0.300 e. The number of carbonyl (C=O) groups excluding carboxylic acids is 2. The van der Waals surface area contributed by atoms with E-state index in [2.05, 4.69) is 32.1 Å². The number of aliphatic carboxylic acids is 1. The molecule has 0 spiro atoms. The van der Waals surface area contributed by atoms with Crippen molar-refractivity contribution >= 4 is 52.9 Å². The first kappa shape index (κ1) is 49.8. The van der Waals surface area contributed by atoms with Gasteiger partial charge in [0, 0.05) is 68.5 Å². The van der Waals surface area contributed by atoms with Gasteiger partial charge in [0.25, 0.3) is 17.8 Å². The Labute approximate surface area is 417 Å². The number of carboxylic acids is 1. The maximum absolute atomic E-state index is 14.9. The number of fused-ring (bicyclic) bond motifs is 2. The normalized spacial score (nSPS) is 18.3. The van der Waals surface area contributed by atoms with E-state index in [0.717, 1.165) is 42.6 Å². The summed E-state index contributed by atoms with van der Waals surface area (Å²) in [4.78, 5) is 54.7. The van der Waals surface area contributed by atoms with Gasteiger partial charge in [0.2, 0.25) is 11.9 Å². The van der Waals surface area contributed by atoms with Crippen molar-refractivity contribution in [3.8, 4) is 45.9 Å². The molecule has 2 amide bonds. The number of nitriles is 2. The van der Waals surface area contributed by atoms with E-state index in [1.807, 2.05) is 0 Å². The zero-order chi connectivity index (χ0) is 52.0. The van der Waals surface area contributed by atoms with Gasteiger partial charge in [0.05, 0.1) is 34.4 Å². The first-order valence-electron chi connectivity index (χ1n) is 21.4. The van der Waals surface area contributed by atoms with Crippen LogP contribution < -0.4 is 20.9 Å². The van der Waals surface area contributed by atoms with E-state index in [9.17, 15) is 37.7 Å². The number of hydrogen-bond acceptors (Lipinski definition) is 13. The summed E-state index contributed by atoms with van der Waals surface area (Å²) < 4.78 is 69.9. The maximum Gasteiger partial charge on any atom is 0.300 e. The number of ether oxygens (including phenoxy) is 2. The molecule has 10 rings (SSSR count). The van der Waals surface area contributed by atoms with E-state index in [1.54, 1.807) is 12.1 Å². The molecule has 0 bridgehead atoms. The molecule has 22 heteroatoms. The number of pyridine rings is 2. The van der Waals surface area contributed by atoms with E-state index < -0.39 is 52.4 Å². The maximum atomic E-state index is 14.9. The van der Waals surface area contributed by atoms with E-state index in [-0.39, 0.29) is 66.5 Å². The number of hydrogen-bond donors (Lipinski definition) is 3. The summed E-state index contributed by atoms with van der Waals surface area (Å²) in [6, 6.07) is 20.9. The quantitative estimate of drug-likeness (QED) is 0.111. The monoisotopic (exact) mass is 1020 g/mol. The van der Waals surface area contributed by atoms with Crippen molar-refractivity contribution in [3.05, 3.63) is 163 Å². The Kier molecular flexibility index (Phi) is 13.4. The van der Waals surface area contributed by atoms with Crippen molar-refractivity contribution in [2.24, 2.45) is 21.5 Å². The average Bonchev–Trinajstić information content (AvgIpc) is 4.14. The standard InChI is InChI=1S/2C24H16ClF2N5O2.C2H4O2/c2*1-32-22(33)24(31-23(32)29,15-6-12-4-5-34-20(12)13(7-15)10-28)14-2-3-19(26)17(8-14)18-9-16(25)11-30-21(18)27;1-2(3)4/h2*2-3,6-9,11H,4-5H2,1H3,(H2,29,31);1H3,(H,3,4). The van der Waals surface area contributed by atoms with Gasteiger partial charge in [-0.3, -0.25) is 24.2 Å². The van der Waals surface area contributed by atoms with Crippen molar-refractivity contribution in [1.29, 1.82) is 10.5 Å². The zero-order valence-electron chi connectivity index (χ0n) is 37.9. The Hall–Kier alpha value is -8.59. The highest BCUT2D eigenvalue weighted by atomic mass is 35.5. The number of amides is 2. The lowest BCUT2D eigenvalue weighted by molar-refractivity contribution is -0.134. The van der Waals surface area contributed by atoms with Crippen LogP contribution in [0.2, 0.25) is 10.0 Å². The third-order valence-corrected chi connectivity index (χ3v) is 12.5. The Morgan fingerprint density at radius 3 is 1.36 bits per heavy atom. The first-order chi connectivity index (χ1) is 34.2. The van der Waals surface area contributed by atoms with Crippen molar-refractivity contribution < 1.29 is 46.5 Å². The predicted octanol–water partition coefficient (Wildman–Crippen LogP) is 7.13. The third kappa shape index (κ3) is 8.60. The molecule has 72 heavy (non-hydrogen) atoms. The molecule has 2 aromatic heterocycles. The molecule has 4 aromatic carbocycles. The number of carbonyl (C=O) groups is 3. The lowest BCUT2D eigenvalue weighted by Crippen LogP contribution is -2.41. The molecular formula is C50H36Cl2F4N10O6. The second-order valence-corrected chi connectivity index (χ2v) is 17.3. The molecule has 4 aliphatic rings. The van der Waals surface area contributed by atoms with Crippen molar-refractivity contribution in [1.82, 2.24) is 19.8 Å². The second kappa shape index (κ2) is 19.3. The fraction of sp³-hybridized carbons (Fsp3) is 0.180. The van der Waals surface area contributed by atoms with Gasteiger partial charge < -0.3 is 26.0 Å². The van der Waals surface area contributed by atoms with Gasteiger partial charge in [-0.1, -0.05) is 35.3 Å². The summed E-state index contributed by atoms with van der Waals surface area (Å²) in [5.74, 6) is -4.35. The summed E-state index contributed by atoms with van der Waals surface area (Å²) in [6.45, 7) is 1.89. The molecular weight excluding hydrogens is 984 g/mol. The largest absolute Gasteiger partial charge is 0.492 e. The van der Waals surface area contributed by atoms with Crippen LogP contribution in [-0.2, 0) is 38.3 Å². The van der Waals surface area contributed by atoms with Crippen LogP contribution in [0.1, 0.15) is 51.4 Å². The van der Waals surface area contributed by atoms with Crippen LogP contribution in [-0.4, -0.2) is 81.9 Å². The molecule has 0 fully saturated rings. The van der Waals surface area contributed by atoms with Gasteiger partial charge in [-0.25, -0.2) is 28.7 Å². The van der Waals surface area contributed by atoms with Gasteiger partial charge >= 0.3 is 0 Å². The molecule has 2 unspecified atom stereocenters. The third-order valence-electron chi connectivity index (χ3n) is 12.1. The average molecular weight is 1020 g/mol. The number of benzene rings is 4. The number of guanidine groups is 2. The SMILES string of the molecule is CC(=O)O.CN1C(=O)C(c2cc(C#N)c3c(c2)CCO3)(c2ccc(F)c(-c3cc(Cl)cnc3F)c2)N=C1N.CN1C(=O)C(c2cc(C#N)c3c(c2)CCO3)(c2ccc(F)c(-c3cc(Cl)cnc3F)c2)N=C1N. The number of aliphatic imine (C=N–C) groups is 2. The summed E-state index contributed by atoms with van der Waals surface area (Å²) in [5.41, 5.74) is 11.2. The van der Waals surface area contributed by atoms with Crippen molar-refractivity contribution in [2.75, 3.05) is 27.3 Å². The number of aromatic nitrogens is 2. The summed E-state index contributed by atoms with van der Waals surface area (Å²) in [6.07, 6.45) is 3.32. The van der Waals surface area contributed by atoms with Crippen LogP contribution in [0.5, 0.6) is 11.5 Å². The van der Waals surface area contributed by atoms with E-state index in [0.29, 0.717) is 48.7 Å². The van der Waals surface area contributed by atoms with Crippen LogP contribution in [0, 0.1) is 46.2 Å². The molecule has 5 N–H and O–H groups in total. The molecule has 16 nitrogen and oxygen atoms in total. The molecule has 364 valence electrons. The van der Waals surface area contributed by atoms with E-state index >= 15 is 0 Å². The summed E-state index contributed by atoms with van der Waals surface area (Å²) in [5, 5.41) is 27.0. The molecule has 0 radical (unpaired) electrons. The minimum atomic E-state index is -1.72. The van der Waals surface area contributed by atoms with Crippen LogP contribution in [0.3, 0.4) is 0 Å². The lowest BCUT2D eigenvalue weighted by Gasteiger charge is -2.27. The van der Waals surface area contributed by atoms with Gasteiger partial charge in [-0.2, -0.15) is 19.3 Å². The van der Waals surface area contributed by atoms with E-state index in [4.69, 9.17) is 54.0 Å². The minimum absolute atomic E-state index is 0.0540. The van der Waals surface area contributed by atoms with Crippen LogP contribution in [0.25, 0.3) is 22.3 Å². The number of nitrogens with zero attached hydrogens (tertiary/aromatic N) is 8. The molecule has 6 heterocycles. The number of carboxylic acid groups (broad SMARTS) is 1. The summed E-state index contributed by atoms with van der Waals surface area (Å²) in [7, 11) is 2.94. The van der Waals surface area contributed by atoms with Crippen LogP contribution in [0.15, 0.2) is 95.2 Å². The van der Waals surface area contributed by atoms with Crippen LogP contribution >= 0.6 is 23.2 Å². The van der Waals surface area contributed by atoms with Crippen molar-refractivity contribution in [2.45, 2.75) is 30.8 Å². The van der Waals surface area contributed by atoms with Gasteiger partial charge in [-0.15, -0.1) is 0 Å². The summed E-state index contributed by atoms with van der Waals surface area (Å²) >= 11 is 11.9. The highest BCUT2D eigenvalue weighted by Crippen LogP contribution is 2.46. The predicted molar refractivity (Wildman–Crippen MR) is 254 cm³/mol. The Morgan fingerprint density at radius 1 is 0.653 bits per heavy atom. The molecule has 0 saturated carbocycles. The van der Waals surface area contributed by atoms with Gasteiger partial charge in [-0.05, 0) is 94.0 Å². The fourth-order valence-electron chi connectivity index (χ4n) is 8.70. The number of nitrogens with two attached hydrogens (primary N) is 2. The Balaban J connectivity index is 0.000000179.